The number of halogens is 1. The molecule has 0 amide bonds. The van der Waals surface area contributed by atoms with Gasteiger partial charge in [-0.15, -0.1) is 10.2 Å². The second kappa shape index (κ2) is 8.28. The highest BCUT2D eigenvalue weighted by Gasteiger charge is 2.45. The third-order valence-corrected chi connectivity index (χ3v) is 7.42. The van der Waals surface area contributed by atoms with E-state index in [4.69, 9.17) is 4.74 Å². The molecule has 6 nitrogen and oxygen atoms in total. The Morgan fingerprint density at radius 2 is 1.87 bits per heavy atom. The summed E-state index contributed by atoms with van der Waals surface area (Å²) in [6.45, 7) is 2.59. The van der Waals surface area contributed by atoms with Gasteiger partial charge in [0.2, 0.25) is 0 Å². The molecule has 0 unspecified atom stereocenters. The highest BCUT2D eigenvalue weighted by atomic mass is 79.9. The van der Waals surface area contributed by atoms with Crippen LogP contribution in [0.25, 0.3) is 10.8 Å². The molecule has 3 aromatic rings. The van der Waals surface area contributed by atoms with Crippen LogP contribution < -0.4 is 15.0 Å². The molecule has 1 aliphatic carbocycles. The largest absolute Gasteiger partial charge is 0.496 e. The molecule has 2 N–H and O–H groups in total. The van der Waals surface area contributed by atoms with Gasteiger partial charge in [-0.1, -0.05) is 30.3 Å². The van der Waals surface area contributed by atoms with Crippen LogP contribution in [0.2, 0.25) is 0 Å². The number of nitrogens with zero attached hydrogens (tertiary/aromatic N) is 3. The average Bonchev–Trinajstić information content (AvgIpc) is 2.77. The van der Waals surface area contributed by atoms with Gasteiger partial charge in [-0.05, 0) is 64.7 Å². The highest BCUT2D eigenvalue weighted by molar-refractivity contribution is 9.10. The second-order valence-electron chi connectivity index (χ2n) is 8.79. The molecular weight excluding hydrogens is 456 g/mol. The zero-order valence-corrected chi connectivity index (χ0v) is 19.2. The summed E-state index contributed by atoms with van der Waals surface area (Å²) in [7, 11) is 1.67. The molecule has 2 heterocycles. The molecular formula is C24H27BrN4O2. The average molecular weight is 483 g/mol. The van der Waals surface area contributed by atoms with Crippen molar-refractivity contribution in [3.8, 4) is 5.75 Å². The van der Waals surface area contributed by atoms with Crippen LogP contribution >= 0.6 is 15.9 Å². The summed E-state index contributed by atoms with van der Waals surface area (Å²) in [5, 5.41) is 24.6. The molecule has 162 valence electrons. The molecule has 0 radical (unpaired) electrons. The van der Waals surface area contributed by atoms with Gasteiger partial charge in [0.05, 0.1) is 17.7 Å². The van der Waals surface area contributed by atoms with Crippen molar-refractivity contribution in [1.29, 1.82) is 0 Å². The summed E-state index contributed by atoms with van der Waals surface area (Å²) in [4.78, 5) is 2.36. The zero-order valence-electron chi connectivity index (χ0n) is 17.6. The Kier molecular flexibility index (Phi) is 5.48. The maximum atomic E-state index is 9.74. The van der Waals surface area contributed by atoms with Crippen molar-refractivity contribution in [3.05, 3.63) is 52.5 Å². The lowest BCUT2D eigenvalue weighted by molar-refractivity contribution is -0.0464. The number of aromatic nitrogens is 2. The Bertz CT molecular complexity index is 1090. The lowest BCUT2D eigenvalue weighted by atomic mass is 9.61. The predicted molar refractivity (Wildman–Crippen MR) is 127 cm³/mol. The van der Waals surface area contributed by atoms with E-state index in [0.717, 1.165) is 77.0 Å². The lowest BCUT2D eigenvalue weighted by Gasteiger charge is -2.50. The zero-order chi connectivity index (χ0) is 21.4. The smallest absolute Gasteiger partial charge is 0.159 e. The number of anilines is 2. The van der Waals surface area contributed by atoms with Crippen molar-refractivity contribution in [2.24, 2.45) is 5.41 Å². The van der Waals surface area contributed by atoms with E-state index in [0.29, 0.717) is 12.0 Å². The molecule has 1 aromatic heterocycles. The molecule has 2 aromatic carbocycles. The maximum Gasteiger partial charge on any atom is 0.159 e. The Morgan fingerprint density at radius 1 is 1.13 bits per heavy atom. The fraction of sp³-hybridized carbons (Fsp3) is 0.417. The maximum absolute atomic E-state index is 9.74. The Labute approximate surface area is 190 Å². The molecule has 1 saturated heterocycles. The SMILES string of the molecule is COc1ccc(CNc2nnc(N3CCC4(CC3)CC(O)C4)c3ccccc23)cc1Br. The van der Waals surface area contributed by atoms with E-state index in [9.17, 15) is 5.11 Å². The van der Waals surface area contributed by atoms with E-state index in [1.54, 1.807) is 7.11 Å². The van der Waals surface area contributed by atoms with E-state index in [1.807, 2.05) is 18.2 Å². The molecule has 0 bridgehead atoms. The molecule has 1 aliphatic heterocycles. The van der Waals surface area contributed by atoms with E-state index in [-0.39, 0.29) is 6.10 Å². The predicted octanol–water partition coefficient (Wildman–Crippen LogP) is 4.75. The fourth-order valence-corrected chi connectivity index (χ4v) is 5.59. The molecule has 7 heteroatoms. The number of methoxy groups -OCH3 is 1. The summed E-state index contributed by atoms with van der Waals surface area (Å²) < 4.78 is 6.25. The number of ether oxygens (including phenoxy) is 1. The van der Waals surface area contributed by atoms with Crippen LogP contribution in [0.15, 0.2) is 46.9 Å². The van der Waals surface area contributed by atoms with Gasteiger partial charge < -0.3 is 20.1 Å². The van der Waals surface area contributed by atoms with Crippen molar-refractivity contribution < 1.29 is 9.84 Å². The van der Waals surface area contributed by atoms with E-state index in [2.05, 4.69) is 60.6 Å². The summed E-state index contributed by atoms with van der Waals surface area (Å²) in [6.07, 6.45) is 4.05. The summed E-state index contributed by atoms with van der Waals surface area (Å²) in [5.74, 6) is 2.57. The quantitative estimate of drug-likeness (QED) is 0.546. The molecule has 0 atom stereocenters. The Balaban J connectivity index is 1.35. The molecule has 1 saturated carbocycles. The van der Waals surface area contributed by atoms with Gasteiger partial charge in [0.1, 0.15) is 5.75 Å². The highest BCUT2D eigenvalue weighted by Crippen LogP contribution is 2.49. The number of hydrogen-bond acceptors (Lipinski definition) is 6. The first-order valence-electron chi connectivity index (χ1n) is 10.8. The van der Waals surface area contributed by atoms with Crippen molar-refractivity contribution >= 4 is 38.3 Å². The fourth-order valence-electron chi connectivity index (χ4n) is 5.00. The third kappa shape index (κ3) is 3.96. The lowest BCUT2D eigenvalue weighted by Crippen LogP contribution is -2.49. The van der Waals surface area contributed by atoms with Crippen molar-refractivity contribution in [2.75, 3.05) is 30.4 Å². The topological polar surface area (TPSA) is 70.5 Å². The van der Waals surface area contributed by atoms with Crippen LogP contribution in [0.3, 0.4) is 0 Å². The van der Waals surface area contributed by atoms with Crippen LogP contribution in [-0.2, 0) is 6.54 Å². The van der Waals surface area contributed by atoms with E-state index >= 15 is 0 Å². The van der Waals surface area contributed by atoms with Crippen LogP contribution in [0, 0.1) is 5.41 Å². The molecule has 1 spiro atoms. The Hall–Kier alpha value is -2.38. The van der Waals surface area contributed by atoms with Gasteiger partial charge in [-0.25, -0.2) is 0 Å². The first-order valence-corrected chi connectivity index (χ1v) is 11.6. The van der Waals surface area contributed by atoms with Crippen molar-refractivity contribution in [1.82, 2.24) is 10.2 Å². The van der Waals surface area contributed by atoms with Gasteiger partial charge in [0.15, 0.2) is 11.6 Å². The monoisotopic (exact) mass is 482 g/mol. The Morgan fingerprint density at radius 3 is 2.55 bits per heavy atom. The molecule has 2 fully saturated rings. The van der Waals surface area contributed by atoms with Gasteiger partial charge in [0.25, 0.3) is 0 Å². The molecule has 5 rings (SSSR count). The minimum Gasteiger partial charge on any atom is -0.496 e. The van der Waals surface area contributed by atoms with E-state index < -0.39 is 0 Å². The van der Waals surface area contributed by atoms with Gasteiger partial charge in [0, 0.05) is 30.4 Å². The summed E-state index contributed by atoms with van der Waals surface area (Å²) in [6, 6.07) is 14.4. The number of hydrogen-bond donors (Lipinski definition) is 2. The van der Waals surface area contributed by atoms with Crippen LogP contribution in [0.4, 0.5) is 11.6 Å². The number of aliphatic hydroxyl groups is 1. The third-order valence-electron chi connectivity index (χ3n) is 6.80. The number of piperidine rings is 1. The second-order valence-corrected chi connectivity index (χ2v) is 9.64. The molecule has 31 heavy (non-hydrogen) atoms. The van der Waals surface area contributed by atoms with E-state index in [1.165, 1.54) is 0 Å². The van der Waals surface area contributed by atoms with Crippen LogP contribution in [0.1, 0.15) is 31.2 Å². The van der Waals surface area contributed by atoms with Crippen LogP contribution in [0.5, 0.6) is 5.75 Å². The minimum atomic E-state index is -0.0937. The molecule has 2 aliphatic rings. The number of aliphatic hydroxyl groups excluding tert-OH is 1. The number of benzene rings is 2. The van der Waals surface area contributed by atoms with Crippen molar-refractivity contribution in [2.45, 2.75) is 38.3 Å². The first-order chi connectivity index (χ1) is 15.1. The standard InChI is InChI=1S/C24H27BrN4O2/c1-31-21-7-6-16(12-20(21)25)15-26-22-18-4-2-3-5-19(18)23(28-27-22)29-10-8-24(9-11-29)13-17(30)14-24/h2-7,12,17,30H,8-11,13-15H2,1H3,(H,26,27). The summed E-state index contributed by atoms with van der Waals surface area (Å²) >= 11 is 3.55. The number of fused-ring (bicyclic) bond motifs is 1. The first kappa shape index (κ1) is 20.5. The van der Waals surface area contributed by atoms with Crippen LogP contribution in [-0.4, -0.2) is 41.6 Å². The normalized spacial score (nSPS) is 18.2. The van der Waals surface area contributed by atoms with Gasteiger partial charge >= 0.3 is 0 Å². The minimum absolute atomic E-state index is 0.0937. The number of rotatable bonds is 5. The summed E-state index contributed by atoms with van der Waals surface area (Å²) in [5.41, 5.74) is 1.49. The van der Waals surface area contributed by atoms with Gasteiger partial charge in [-0.2, -0.15) is 0 Å². The van der Waals surface area contributed by atoms with Crippen molar-refractivity contribution in [3.63, 3.8) is 0 Å². The number of nitrogens with one attached hydrogen (secondary N) is 1. The van der Waals surface area contributed by atoms with Gasteiger partial charge in [-0.3, -0.25) is 0 Å².